The third kappa shape index (κ3) is 4.27. The number of benzene rings is 2. The van der Waals surface area contributed by atoms with Crippen LogP contribution in [0.3, 0.4) is 0 Å². The molecule has 0 radical (unpaired) electrons. The number of carbonyl (C=O) groups is 3. The summed E-state index contributed by atoms with van der Waals surface area (Å²) in [6, 6.07) is 14.3. The molecule has 0 saturated carbocycles. The van der Waals surface area contributed by atoms with E-state index in [9.17, 15) is 18.8 Å². The Kier molecular flexibility index (Phi) is 6.18. The molecular formula is C25H23FN4O4. The van der Waals surface area contributed by atoms with Crippen molar-refractivity contribution >= 4 is 29.6 Å². The molecule has 2 N–H and O–H groups in total. The van der Waals surface area contributed by atoms with Gasteiger partial charge in [-0.15, -0.1) is 0 Å². The second-order valence-electron chi connectivity index (χ2n) is 7.74. The minimum absolute atomic E-state index is 0.0314. The van der Waals surface area contributed by atoms with Gasteiger partial charge in [-0.05, 0) is 55.8 Å². The van der Waals surface area contributed by atoms with Crippen molar-refractivity contribution in [2.75, 3.05) is 19.0 Å². The van der Waals surface area contributed by atoms with E-state index in [1.54, 1.807) is 60.0 Å². The number of anilines is 1. The molecule has 174 valence electrons. The predicted octanol–water partition coefficient (Wildman–Crippen LogP) is 3.77. The van der Waals surface area contributed by atoms with Crippen LogP contribution >= 0.6 is 0 Å². The van der Waals surface area contributed by atoms with E-state index in [1.165, 1.54) is 19.3 Å². The largest absolute Gasteiger partial charge is 0.495 e. The fourth-order valence-corrected chi connectivity index (χ4v) is 3.89. The van der Waals surface area contributed by atoms with Crippen LogP contribution in [-0.4, -0.2) is 41.0 Å². The highest BCUT2D eigenvalue weighted by atomic mass is 19.1. The molecule has 2 heterocycles. The number of para-hydroxylation sites is 3. The Hall–Kier alpha value is -4.40. The number of aryl methyl sites for hydroxylation is 1. The van der Waals surface area contributed by atoms with E-state index >= 15 is 0 Å². The SMILES string of the molecule is COc1ccccc1NC(=O)CN1C(=O)N/C(=C/c2cc(C)n(-c3ccccc3F)c2C)C1=O. The molecule has 34 heavy (non-hydrogen) atoms. The highest BCUT2D eigenvalue weighted by Gasteiger charge is 2.35. The number of hydrogen-bond acceptors (Lipinski definition) is 4. The van der Waals surface area contributed by atoms with Gasteiger partial charge in [-0.2, -0.15) is 0 Å². The van der Waals surface area contributed by atoms with Gasteiger partial charge in [0.25, 0.3) is 5.91 Å². The number of imide groups is 1. The number of urea groups is 1. The maximum absolute atomic E-state index is 14.3. The van der Waals surface area contributed by atoms with Crippen LogP contribution in [0, 0.1) is 19.7 Å². The maximum atomic E-state index is 14.3. The Morgan fingerprint density at radius 3 is 2.56 bits per heavy atom. The van der Waals surface area contributed by atoms with Crippen LogP contribution in [0.5, 0.6) is 5.75 Å². The fraction of sp³-hybridized carbons (Fsp3) is 0.160. The first-order chi connectivity index (χ1) is 16.3. The monoisotopic (exact) mass is 462 g/mol. The number of methoxy groups -OCH3 is 1. The molecule has 1 fully saturated rings. The van der Waals surface area contributed by atoms with Crippen LogP contribution in [0.4, 0.5) is 14.9 Å². The van der Waals surface area contributed by atoms with Crippen LogP contribution < -0.4 is 15.4 Å². The molecule has 0 unspecified atom stereocenters. The van der Waals surface area contributed by atoms with Gasteiger partial charge in [0.15, 0.2) is 0 Å². The Morgan fingerprint density at radius 1 is 1.12 bits per heavy atom. The number of amides is 4. The van der Waals surface area contributed by atoms with Crippen molar-refractivity contribution in [3.8, 4) is 11.4 Å². The molecule has 3 aromatic rings. The number of hydrogen-bond donors (Lipinski definition) is 2. The minimum Gasteiger partial charge on any atom is -0.495 e. The zero-order valence-corrected chi connectivity index (χ0v) is 18.9. The average Bonchev–Trinajstić information content (AvgIpc) is 3.23. The normalized spacial score (nSPS) is 14.5. The van der Waals surface area contributed by atoms with Crippen molar-refractivity contribution in [2.24, 2.45) is 0 Å². The summed E-state index contributed by atoms with van der Waals surface area (Å²) < 4.78 is 21.3. The highest BCUT2D eigenvalue weighted by molar-refractivity contribution is 6.16. The summed E-state index contributed by atoms with van der Waals surface area (Å²) >= 11 is 0. The quantitative estimate of drug-likeness (QED) is 0.431. The lowest BCUT2D eigenvalue weighted by atomic mass is 10.2. The van der Waals surface area contributed by atoms with Crippen molar-refractivity contribution in [1.82, 2.24) is 14.8 Å². The van der Waals surface area contributed by atoms with Crippen LogP contribution in [0.2, 0.25) is 0 Å². The number of rotatable bonds is 6. The van der Waals surface area contributed by atoms with Crippen LogP contribution in [0.25, 0.3) is 11.8 Å². The Labute approximate surface area is 195 Å². The molecule has 0 bridgehead atoms. The summed E-state index contributed by atoms with van der Waals surface area (Å²) in [5, 5.41) is 5.15. The molecule has 4 rings (SSSR count). The number of aromatic nitrogens is 1. The Morgan fingerprint density at radius 2 is 1.82 bits per heavy atom. The first kappa shape index (κ1) is 22.8. The molecule has 1 aliphatic heterocycles. The first-order valence-electron chi connectivity index (χ1n) is 10.5. The van der Waals surface area contributed by atoms with Gasteiger partial charge in [-0.25, -0.2) is 14.1 Å². The standard InChI is InChI=1S/C25H23FN4O4/c1-15-12-17(16(2)30(15)21-10-6-4-8-18(21)26)13-20-24(32)29(25(33)28-20)14-23(31)27-19-9-5-7-11-22(19)34-3/h4-13H,14H2,1-3H3,(H,27,31)(H,28,33)/b20-13+. The fourth-order valence-electron chi connectivity index (χ4n) is 3.89. The summed E-state index contributed by atoms with van der Waals surface area (Å²) in [6.45, 7) is 3.16. The summed E-state index contributed by atoms with van der Waals surface area (Å²) in [5.74, 6) is -1.09. The molecule has 4 amide bonds. The number of nitrogens with one attached hydrogen (secondary N) is 2. The van der Waals surface area contributed by atoms with Crippen molar-refractivity contribution in [3.63, 3.8) is 0 Å². The first-order valence-corrected chi connectivity index (χ1v) is 10.5. The number of halogens is 1. The van der Waals surface area contributed by atoms with Crippen molar-refractivity contribution in [3.05, 3.63) is 83.1 Å². The van der Waals surface area contributed by atoms with Crippen molar-refractivity contribution in [2.45, 2.75) is 13.8 Å². The second-order valence-corrected chi connectivity index (χ2v) is 7.74. The highest BCUT2D eigenvalue weighted by Crippen LogP contribution is 2.26. The van der Waals surface area contributed by atoms with Crippen molar-refractivity contribution in [1.29, 1.82) is 0 Å². The molecule has 2 aromatic carbocycles. The van der Waals surface area contributed by atoms with Gasteiger partial charge in [-0.3, -0.25) is 9.59 Å². The van der Waals surface area contributed by atoms with Crippen LogP contribution in [0.1, 0.15) is 17.0 Å². The zero-order chi connectivity index (χ0) is 24.4. The van der Waals surface area contributed by atoms with E-state index in [4.69, 9.17) is 4.74 Å². The molecule has 1 aromatic heterocycles. The van der Waals surface area contributed by atoms with Gasteiger partial charge < -0.3 is 19.9 Å². The Bertz CT molecular complexity index is 1330. The topological polar surface area (TPSA) is 92.7 Å². The molecule has 0 aliphatic carbocycles. The molecular weight excluding hydrogens is 439 g/mol. The molecule has 9 heteroatoms. The number of ether oxygens (including phenoxy) is 1. The average molecular weight is 462 g/mol. The van der Waals surface area contributed by atoms with Gasteiger partial charge in [0, 0.05) is 11.4 Å². The van der Waals surface area contributed by atoms with Gasteiger partial charge in [0.05, 0.1) is 18.5 Å². The van der Waals surface area contributed by atoms with E-state index < -0.39 is 24.4 Å². The maximum Gasteiger partial charge on any atom is 0.329 e. The van der Waals surface area contributed by atoms with Crippen molar-refractivity contribution < 1.29 is 23.5 Å². The summed E-state index contributed by atoms with van der Waals surface area (Å²) in [5.41, 5.74) is 2.95. The van der Waals surface area contributed by atoms with Gasteiger partial charge >= 0.3 is 6.03 Å². The lowest BCUT2D eigenvalue weighted by Crippen LogP contribution is -2.38. The summed E-state index contributed by atoms with van der Waals surface area (Å²) in [7, 11) is 1.47. The molecule has 1 aliphatic rings. The molecule has 1 saturated heterocycles. The summed E-state index contributed by atoms with van der Waals surface area (Å²) in [4.78, 5) is 38.6. The third-order valence-corrected chi connectivity index (χ3v) is 5.51. The lowest BCUT2D eigenvalue weighted by molar-refractivity contribution is -0.127. The molecule has 0 atom stereocenters. The van der Waals surface area contributed by atoms with E-state index in [-0.39, 0.29) is 11.5 Å². The van der Waals surface area contributed by atoms with Gasteiger partial charge in [-0.1, -0.05) is 24.3 Å². The zero-order valence-electron chi connectivity index (χ0n) is 18.9. The van der Waals surface area contributed by atoms with Gasteiger partial charge in [0.2, 0.25) is 5.91 Å². The predicted molar refractivity (Wildman–Crippen MR) is 125 cm³/mol. The molecule has 8 nitrogen and oxygen atoms in total. The lowest BCUT2D eigenvalue weighted by Gasteiger charge is -2.13. The minimum atomic E-state index is -0.700. The summed E-state index contributed by atoms with van der Waals surface area (Å²) in [6.07, 6.45) is 1.53. The number of nitrogens with zero attached hydrogens (tertiary/aromatic N) is 2. The van der Waals surface area contributed by atoms with E-state index in [2.05, 4.69) is 10.6 Å². The third-order valence-electron chi connectivity index (χ3n) is 5.51. The van der Waals surface area contributed by atoms with Crippen LogP contribution in [0.15, 0.2) is 60.3 Å². The number of carbonyl (C=O) groups excluding carboxylic acids is 3. The molecule has 0 spiro atoms. The Balaban J connectivity index is 1.54. The van der Waals surface area contributed by atoms with E-state index in [0.29, 0.717) is 28.4 Å². The second kappa shape index (κ2) is 9.22. The van der Waals surface area contributed by atoms with Crippen LogP contribution in [-0.2, 0) is 9.59 Å². The smallest absolute Gasteiger partial charge is 0.329 e. The van der Waals surface area contributed by atoms with Gasteiger partial charge in [0.1, 0.15) is 23.8 Å². The van der Waals surface area contributed by atoms with E-state index in [1.807, 2.05) is 6.92 Å². The van der Waals surface area contributed by atoms with E-state index in [0.717, 1.165) is 10.6 Å².